The van der Waals surface area contributed by atoms with E-state index in [0.717, 1.165) is 6.07 Å². The van der Waals surface area contributed by atoms with Crippen molar-refractivity contribution in [3.05, 3.63) is 29.3 Å². The second kappa shape index (κ2) is 5.58. The molecule has 0 aliphatic heterocycles. The number of hydrogen-bond acceptors (Lipinski definition) is 4. The number of aryl methyl sites for hydroxylation is 1. The first-order valence-corrected chi connectivity index (χ1v) is 5.02. The highest BCUT2D eigenvalue weighted by Gasteiger charge is 2.15. The molecule has 4 N–H and O–H groups in total. The Balaban J connectivity index is 2.73. The number of esters is 1. The number of nitrogens with two attached hydrogens (primary N) is 2. The smallest absolute Gasteiger partial charge is 0.322 e. The lowest BCUT2D eigenvalue weighted by Crippen LogP contribution is -2.32. The Bertz CT molecular complexity index is 424. The summed E-state index contributed by atoms with van der Waals surface area (Å²) in [6.07, 6.45) is 0.413. The molecule has 0 heterocycles. The maximum absolute atomic E-state index is 13.1. The minimum Gasteiger partial charge on any atom is -0.468 e. The Morgan fingerprint density at radius 2 is 2.12 bits per heavy atom. The summed E-state index contributed by atoms with van der Waals surface area (Å²) < 4.78 is 30.5. The van der Waals surface area contributed by atoms with Gasteiger partial charge in [-0.15, -0.1) is 0 Å². The lowest BCUT2D eigenvalue weighted by atomic mass is 10.0. The minimum absolute atomic E-state index is 0.122. The summed E-state index contributed by atoms with van der Waals surface area (Å²) in [6, 6.07) is 1.01. The van der Waals surface area contributed by atoms with Gasteiger partial charge < -0.3 is 16.2 Å². The van der Waals surface area contributed by atoms with E-state index in [0.29, 0.717) is 11.6 Å². The van der Waals surface area contributed by atoms with E-state index in [1.165, 1.54) is 7.11 Å². The molecular weight excluding hydrogens is 230 g/mol. The van der Waals surface area contributed by atoms with E-state index in [9.17, 15) is 13.6 Å². The van der Waals surface area contributed by atoms with Crippen molar-refractivity contribution in [3.63, 3.8) is 0 Å². The van der Waals surface area contributed by atoms with Crippen molar-refractivity contribution in [2.24, 2.45) is 5.73 Å². The Morgan fingerprint density at radius 3 is 2.71 bits per heavy atom. The van der Waals surface area contributed by atoms with Gasteiger partial charge in [0.25, 0.3) is 0 Å². The van der Waals surface area contributed by atoms with Gasteiger partial charge in [0.1, 0.15) is 17.7 Å². The third kappa shape index (κ3) is 3.39. The topological polar surface area (TPSA) is 78.3 Å². The van der Waals surface area contributed by atoms with Crippen LogP contribution in [0.15, 0.2) is 12.1 Å². The van der Waals surface area contributed by atoms with Gasteiger partial charge in [0.05, 0.1) is 12.8 Å². The average Bonchev–Trinajstić information content (AvgIpc) is 2.30. The molecule has 94 valence electrons. The van der Waals surface area contributed by atoms with Crippen molar-refractivity contribution in [3.8, 4) is 0 Å². The summed E-state index contributed by atoms with van der Waals surface area (Å²) in [4.78, 5) is 11.0. The number of hydrogen-bond donors (Lipinski definition) is 2. The van der Waals surface area contributed by atoms with E-state index in [1.807, 2.05) is 0 Å². The van der Waals surface area contributed by atoms with Crippen molar-refractivity contribution in [2.45, 2.75) is 18.9 Å². The molecule has 1 aromatic carbocycles. The summed E-state index contributed by atoms with van der Waals surface area (Å²) in [5, 5.41) is 0. The van der Waals surface area contributed by atoms with E-state index < -0.39 is 23.6 Å². The zero-order valence-electron chi connectivity index (χ0n) is 9.37. The van der Waals surface area contributed by atoms with Gasteiger partial charge in [-0.1, -0.05) is 0 Å². The SMILES string of the molecule is COC(=O)[C@@H](N)CCc1cc(F)cc(F)c1N. The van der Waals surface area contributed by atoms with E-state index in [-0.39, 0.29) is 18.5 Å². The van der Waals surface area contributed by atoms with Crippen molar-refractivity contribution < 1.29 is 18.3 Å². The first kappa shape index (κ1) is 13.4. The number of carbonyl (C=O) groups excluding carboxylic acids is 1. The predicted octanol–water partition coefficient (Wildman–Crippen LogP) is 0.980. The standard InChI is InChI=1S/C11H14F2N2O2/c1-17-11(16)9(14)3-2-6-4-7(12)5-8(13)10(6)15/h4-5,9H,2-3,14-15H2,1H3/t9-/m0/s1. The van der Waals surface area contributed by atoms with Crippen LogP contribution in [-0.2, 0) is 16.0 Å². The Kier molecular flexibility index (Phi) is 4.39. The zero-order valence-corrected chi connectivity index (χ0v) is 9.37. The molecular formula is C11H14F2N2O2. The molecule has 1 atom stereocenters. The highest BCUT2D eigenvalue weighted by molar-refractivity contribution is 5.75. The summed E-state index contributed by atoms with van der Waals surface area (Å²) in [7, 11) is 1.22. The van der Waals surface area contributed by atoms with Crippen molar-refractivity contribution in [1.29, 1.82) is 0 Å². The fraction of sp³-hybridized carbons (Fsp3) is 0.364. The fourth-order valence-electron chi connectivity index (χ4n) is 1.43. The largest absolute Gasteiger partial charge is 0.468 e. The average molecular weight is 244 g/mol. The molecule has 0 amide bonds. The maximum atomic E-state index is 13.1. The molecule has 0 fully saturated rings. The van der Waals surface area contributed by atoms with Gasteiger partial charge >= 0.3 is 5.97 Å². The number of rotatable bonds is 4. The van der Waals surface area contributed by atoms with E-state index in [4.69, 9.17) is 11.5 Å². The number of anilines is 1. The van der Waals surface area contributed by atoms with Gasteiger partial charge in [-0.2, -0.15) is 0 Å². The minimum atomic E-state index is -0.828. The highest BCUT2D eigenvalue weighted by Crippen LogP contribution is 2.20. The molecule has 0 unspecified atom stereocenters. The molecule has 6 heteroatoms. The predicted molar refractivity (Wildman–Crippen MR) is 59.1 cm³/mol. The van der Waals surface area contributed by atoms with Crippen LogP contribution in [0.4, 0.5) is 14.5 Å². The van der Waals surface area contributed by atoms with Crippen molar-refractivity contribution in [2.75, 3.05) is 12.8 Å². The Morgan fingerprint density at radius 1 is 1.47 bits per heavy atom. The number of methoxy groups -OCH3 is 1. The summed E-state index contributed by atoms with van der Waals surface area (Å²) in [5.74, 6) is -2.09. The molecule has 17 heavy (non-hydrogen) atoms. The van der Waals surface area contributed by atoms with E-state index >= 15 is 0 Å². The molecule has 0 aliphatic rings. The Hall–Kier alpha value is -1.69. The number of halogens is 2. The van der Waals surface area contributed by atoms with Gasteiger partial charge in [-0.3, -0.25) is 4.79 Å². The van der Waals surface area contributed by atoms with Crippen LogP contribution in [0.2, 0.25) is 0 Å². The van der Waals surface area contributed by atoms with Gasteiger partial charge in [0.15, 0.2) is 0 Å². The zero-order chi connectivity index (χ0) is 13.0. The van der Waals surface area contributed by atoms with Crippen LogP contribution in [0.3, 0.4) is 0 Å². The highest BCUT2D eigenvalue weighted by atomic mass is 19.1. The van der Waals surface area contributed by atoms with E-state index in [2.05, 4.69) is 4.74 Å². The van der Waals surface area contributed by atoms with Crippen LogP contribution in [0.25, 0.3) is 0 Å². The fourth-order valence-corrected chi connectivity index (χ4v) is 1.43. The van der Waals surface area contributed by atoms with Crippen LogP contribution < -0.4 is 11.5 Å². The summed E-state index contributed by atoms with van der Waals surface area (Å²) in [6.45, 7) is 0. The maximum Gasteiger partial charge on any atom is 0.322 e. The van der Waals surface area contributed by atoms with Crippen LogP contribution in [0, 0.1) is 11.6 Å². The quantitative estimate of drug-likeness (QED) is 0.611. The van der Waals surface area contributed by atoms with Crippen LogP contribution in [-0.4, -0.2) is 19.1 Å². The van der Waals surface area contributed by atoms with Crippen molar-refractivity contribution >= 4 is 11.7 Å². The molecule has 0 saturated heterocycles. The molecule has 0 bridgehead atoms. The summed E-state index contributed by atoms with van der Waals surface area (Å²) >= 11 is 0. The molecule has 0 spiro atoms. The van der Waals surface area contributed by atoms with Gasteiger partial charge in [-0.25, -0.2) is 8.78 Å². The number of nitrogen functional groups attached to an aromatic ring is 1. The van der Waals surface area contributed by atoms with Gasteiger partial charge in [0, 0.05) is 6.07 Å². The monoisotopic (exact) mass is 244 g/mol. The van der Waals surface area contributed by atoms with Gasteiger partial charge in [-0.05, 0) is 24.5 Å². The lowest BCUT2D eigenvalue weighted by molar-refractivity contribution is -0.142. The number of benzene rings is 1. The molecule has 0 aromatic heterocycles. The first-order valence-electron chi connectivity index (χ1n) is 5.02. The molecule has 0 radical (unpaired) electrons. The molecule has 0 saturated carbocycles. The third-order valence-corrected chi connectivity index (χ3v) is 2.41. The van der Waals surface area contributed by atoms with Crippen LogP contribution in [0.1, 0.15) is 12.0 Å². The van der Waals surface area contributed by atoms with Crippen LogP contribution >= 0.6 is 0 Å². The van der Waals surface area contributed by atoms with Crippen LogP contribution in [0.5, 0.6) is 0 Å². The first-order chi connectivity index (χ1) is 7.95. The molecule has 1 rings (SSSR count). The van der Waals surface area contributed by atoms with Gasteiger partial charge in [0.2, 0.25) is 0 Å². The van der Waals surface area contributed by atoms with E-state index in [1.54, 1.807) is 0 Å². The normalized spacial score (nSPS) is 12.2. The molecule has 0 aliphatic carbocycles. The summed E-state index contributed by atoms with van der Waals surface area (Å²) in [5.41, 5.74) is 11.1. The third-order valence-electron chi connectivity index (χ3n) is 2.41. The molecule has 1 aromatic rings. The number of carbonyl (C=O) groups is 1. The molecule has 4 nitrogen and oxygen atoms in total. The number of ether oxygens (including phenoxy) is 1. The second-order valence-electron chi connectivity index (χ2n) is 3.63. The Labute approximate surface area is 97.5 Å². The van der Waals surface area contributed by atoms with Crippen molar-refractivity contribution in [1.82, 2.24) is 0 Å². The second-order valence-corrected chi connectivity index (χ2v) is 3.63. The lowest BCUT2D eigenvalue weighted by Gasteiger charge is -2.11.